The number of benzene rings is 2. The number of amides is 1. The minimum absolute atomic E-state index is 0.0423. The molecule has 2 aromatic carbocycles. The number of ether oxygens (including phenoxy) is 3. The van der Waals surface area contributed by atoms with Crippen molar-refractivity contribution >= 4 is 39.9 Å². The van der Waals surface area contributed by atoms with Crippen molar-refractivity contribution in [2.75, 3.05) is 32.6 Å². The molecular formula is C24H25ClN4O4. The number of likely N-dealkylation sites (tertiary alicyclic amines) is 1. The number of piperidine rings is 1. The summed E-state index contributed by atoms with van der Waals surface area (Å²) in [6.45, 7) is 4.80. The predicted molar refractivity (Wildman–Crippen MR) is 128 cm³/mol. The predicted octanol–water partition coefficient (Wildman–Crippen LogP) is 4.60. The van der Waals surface area contributed by atoms with Crippen molar-refractivity contribution in [1.29, 1.82) is 0 Å². The van der Waals surface area contributed by atoms with Gasteiger partial charge in [-0.1, -0.05) is 24.2 Å². The van der Waals surface area contributed by atoms with E-state index in [4.69, 9.17) is 25.8 Å². The number of hydrogen-bond acceptors (Lipinski definition) is 7. The number of fused-ring (bicyclic) bond motifs is 1. The number of nitrogens with one attached hydrogen (secondary N) is 1. The van der Waals surface area contributed by atoms with Crippen LogP contribution in [-0.4, -0.2) is 54.2 Å². The Bertz CT molecular complexity index is 1180. The van der Waals surface area contributed by atoms with E-state index >= 15 is 0 Å². The fourth-order valence-corrected chi connectivity index (χ4v) is 4.11. The van der Waals surface area contributed by atoms with Gasteiger partial charge in [0.15, 0.2) is 17.2 Å². The van der Waals surface area contributed by atoms with Gasteiger partial charge in [-0.15, -0.1) is 0 Å². The average molecular weight is 469 g/mol. The molecule has 1 aliphatic heterocycles. The number of carbonyl (C=O) groups excluding carboxylic acids is 1. The third-order valence-electron chi connectivity index (χ3n) is 5.57. The van der Waals surface area contributed by atoms with Crippen molar-refractivity contribution < 1.29 is 19.0 Å². The van der Waals surface area contributed by atoms with Crippen LogP contribution in [0.25, 0.3) is 10.9 Å². The van der Waals surface area contributed by atoms with Gasteiger partial charge < -0.3 is 24.4 Å². The number of nitrogens with zero attached hydrogens (tertiary/aromatic N) is 3. The first-order valence-electron chi connectivity index (χ1n) is 10.5. The van der Waals surface area contributed by atoms with E-state index in [1.54, 1.807) is 25.2 Å². The van der Waals surface area contributed by atoms with Gasteiger partial charge in [0.05, 0.1) is 30.4 Å². The van der Waals surface area contributed by atoms with Gasteiger partial charge in [0.25, 0.3) is 0 Å². The molecule has 1 aromatic heterocycles. The van der Waals surface area contributed by atoms with Gasteiger partial charge in [0.2, 0.25) is 5.91 Å². The van der Waals surface area contributed by atoms with Crippen LogP contribution < -0.4 is 19.5 Å². The lowest BCUT2D eigenvalue weighted by Gasteiger charge is -2.31. The summed E-state index contributed by atoms with van der Waals surface area (Å²) >= 11 is 6.26. The minimum atomic E-state index is -0.0546. The Labute approximate surface area is 197 Å². The Kier molecular flexibility index (Phi) is 6.84. The molecule has 8 nitrogen and oxygen atoms in total. The number of methoxy groups -OCH3 is 2. The topological polar surface area (TPSA) is 85.8 Å². The normalized spacial score (nSPS) is 14.1. The minimum Gasteiger partial charge on any atom is -0.493 e. The number of anilines is 2. The Morgan fingerprint density at radius 2 is 1.97 bits per heavy atom. The molecule has 0 atom stereocenters. The Hall–Kier alpha value is -3.52. The van der Waals surface area contributed by atoms with Crippen LogP contribution in [0.3, 0.4) is 0 Å². The summed E-state index contributed by atoms with van der Waals surface area (Å²) in [6, 6.07) is 9.14. The summed E-state index contributed by atoms with van der Waals surface area (Å²) in [7, 11) is 3.16. The number of carbonyl (C=O) groups is 1. The van der Waals surface area contributed by atoms with Crippen LogP contribution in [0, 0.1) is 0 Å². The molecule has 0 unspecified atom stereocenters. The standard InChI is InChI=1S/C24H25ClN4O4/c1-4-22(30)29-10-8-15(9-11-29)33-21-12-16-19(13-20(21)31-2)26-14-27-24(16)28-18-7-5-6-17(25)23(18)32-3/h4-7,12-15H,1,8-11H2,2-3H3,(H,26,27,28). The first-order valence-corrected chi connectivity index (χ1v) is 10.9. The van der Waals surface area contributed by atoms with Crippen molar-refractivity contribution in [3.63, 3.8) is 0 Å². The lowest BCUT2D eigenvalue weighted by Crippen LogP contribution is -2.41. The van der Waals surface area contributed by atoms with Crippen LogP contribution in [-0.2, 0) is 4.79 Å². The lowest BCUT2D eigenvalue weighted by atomic mass is 10.1. The van der Waals surface area contributed by atoms with Crippen LogP contribution in [0.5, 0.6) is 17.2 Å². The monoisotopic (exact) mass is 468 g/mol. The quantitative estimate of drug-likeness (QED) is 0.507. The number of rotatable bonds is 7. The number of hydrogen-bond donors (Lipinski definition) is 1. The highest BCUT2D eigenvalue weighted by molar-refractivity contribution is 6.32. The highest BCUT2D eigenvalue weighted by Gasteiger charge is 2.24. The Morgan fingerprint density at radius 3 is 2.67 bits per heavy atom. The van der Waals surface area contributed by atoms with E-state index in [1.807, 2.05) is 24.3 Å². The molecule has 0 spiro atoms. The molecule has 3 aromatic rings. The van der Waals surface area contributed by atoms with E-state index in [9.17, 15) is 4.79 Å². The highest BCUT2D eigenvalue weighted by atomic mass is 35.5. The summed E-state index contributed by atoms with van der Waals surface area (Å²) in [5.41, 5.74) is 1.38. The number of para-hydroxylation sites is 1. The molecule has 172 valence electrons. The molecule has 33 heavy (non-hydrogen) atoms. The van der Waals surface area contributed by atoms with Gasteiger partial charge in [-0.05, 0) is 24.3 Å². The molecule has 4 rings (SSSR count). The third kappa shape index (κ3) is 4.80. The molecule has 0 aliphatic carbocycles. The van der Waals surface area contributed by atoms with E-state index in [0.717, 1.165) is 18.2 Å². The molecular weight excluding hydrogens is 444 g/mol. The lowest BCUT2D eigenvalue weighted by molar-refractivity contribution is -0.127. The summed E-state index contributed by atoms with van der Waals surface area (Å²) < 4.78 is 17.3. The average Bonchev–Trinajstić information content (AvgIpc) is 2.84. The summed E-state index contributed by atoms with van der Waals surface area (Å²) in [4.78, 5) is 22.4. The van der Waals surface area contributed by atoms with Gasteiger partial charge in [0, 0.05) is 37.4 Å². The van der Waals surface area contributed by atoms with E-state index in [-0.39, 0.29) is 12.0 Å². The molecule has 9 heteroatoms. The largest absolute Gasteiger partial charge is 0.493 e. The maximum absolute atomic E-state index is 11.8. The molecule has 1 aliphatic rings. The Balaban J connectivity index is 1.63. The van der Waals surface area contributed by atoms with E-state index in [0.29, 0.717) is 52.4 Å². The summed E-state index contributed by atoms with van der Waals surface area (Å²) in [6.07, 6.45) is 4.22. The number of halogens is 1. The van der Waals surface area contributed by atoms with Crippen LogP contribution >= 0.6 is 11.6 Å². The van der Waals surface area contributed by atoms with Crippen LogP contribution in [0.1, 0.15) is 12.8 Å². The molecule has 1 amide bonds. The fourth-order valence-electron chi connectivity index (χ4n) is 3.86. The van der Waals surface area contributed by atoms with Crippen molar-refractivity contribution in [2.24, 2.45) is 0 Å². The van der Waals surface area contributed by atoms with Gasteiger partial charge in [0.1, 0.15) is 18.2 Å². The molecule has 1 fully saturated rings. The van der Waals surface area contributed by atoms with Gasteiger partial charge >= 0.3 is 0 Å². The second-order valence-electron chi connectivity index (χ2n) is 7.53. The van der Waals surface area contributed by atoms with Crippen molar-refractivity contribution in [3.05, 3.63) is 54.3 Å². The zero-order valence-corrected chi connectivity index (χ0v) is 19.3. The molecule has 0 saturated carbocycles. The maximum Gasteiger partial charge on any atom is 0.245 e. The SMILES string of the molecule is C=CC(=O)N1CCC(Oc2cc3c(Nc4cccc(Cl)c4OC)ncnc3cc2OC)CC1. The summed E-state index contributed by atoms with van der Waals surface area (Å²) in [5.74, 6) is 2.23. The zero-order chi connectivity index (χ0) is 23.4. The van der Waals surface area contributed by atoms with Gasteiger partial charge in [-0.25, -0.2) is 9.97 Å². The summed E-state index contributed by atoms with van der Waals surface area (Å²) in [5, 5.41) is 4.54. The van der Waals surface area contributed by atoms with Crippen LogP contribution in [0.4, 0.5) is 11.5 Å². The first-order chi connectivity index (χ1) is 16.0. The van der Waals surface area contributed by atoms with Crippen LogP contribution in [0.15, 0.2) is 49.3 Å². The smallest absolute Gasteiger partial charge is 0.245 e. The Morgan fingerprint density at radius 1 is 1.18 bits per heavy atom. The molecule has 1 saturated heterocycles. The maximum atomic E-state index is 11.8. The third-order valence-corrected chi connectivity index (χ3v) is 5.86. The van der Waals surface area contributed by atoms with E-state index < -0.39 is 0 Å². The highest BCUT2D eigenvalue weighted by Crippen LogP contribution is 2.38. The van der Waals surface area contributed by atoms with Crippen molar-refractivity contribution in [1.82, 2.24) is 14.9 Å². The first kappa shape index (κ1) is 22.7. The van der Waals surface area contributed by atoms with Gasteiger partial charge in [-0.3, -0.25) is 4.79 Å². The van der Waals surface area contributed by atoms with Gasteiger partial charge in [-0.2, -0.15) is 0 Å². The molecule has 0 bridgehead atoms. The van der Waals surface area contributed by atoms with Crippen molar-refractivity contribution in [3.8, 4) is 17.2 Å². The second-order valence-corrected chi connectivity index (χ2v) is 7.94. The fraction of sp³-hybridized carbons (Fsp3) is 0.292. The van der Waals surface area contributed by atoms with Crippen LogP contribution in [0.2, 0.25) is 5.02 Å². The second kappa shape index (κ2) is 9.95. The molecule has 2 heterocycles. The number of aromatic nitrogens is 2. The van der Waals surface area contributed by atoms with E-state index in [2.05, 4.69) is 21.9 Å². The molecule has 0 radical (unpaired) electrons. The zero-order valence-electron chi connectivity index (χ0n) is 18.5. The van der Waals surface area contributed by atoms with Crippen molar-refractivity contribution in [2.45, 2.75) is 18.9 Å². The van der Waals surface area contributed by atoms with E-state index in [1.165, 1.54) is 12.4 Å². The molecule has 1 N–H and O–H groups in total.